The first-order valence-corrected chi connectivity index (χ1v) is 8.95. The molecule has 1 N–H and O–H groups in total. The standard InChI is InChI=1S/C20H19BrN2O3/c1-3-25-17-8-6-16(7-9-17)23-20(24)15(13-22)11-14-5-10-19(26-4-2)18(21)12-14/h5-12H,3-4H2,1-2H3,(H,23,24)/b15-11-. The number of rotatable bonds is 7. The van der Waals surface area contributed by atoms with Crippen LogP contribution in [0.4, 0.5) is 5.69 Å². The van der Waals surface area contributed by atoms with E-state index in [4.69, 9.17) is 9.47 Å². The summed E-state index contributed by atoms with van der Waals surface area (Å²) in [6, 6.07) is 14.3. The second kappa shape index (κ2) is 9.64. The van der Waals surface area contributed by atoms with Gasteiger partial charge in [-0.25, -0.2) is 0 Å². The topological polar surface area (TPSA) is 71.3 Å². The summed E-state index contributed by atoms with van der Waals surface area (Å²) in [4.78, 5) is 12.3. The minimum absolute atomic E-state index is 0.00921. The first-order chi connectivity index (χ1) is 12.6. The molecule has 134 valence electrons. The average molecular weight is 415 g/mol. The van der Waals surface area contributed by atoms with Crippen LogP contribution in [0.25, 0.3) is 6.08 Å². The van der Waals surface area contributed by atoms with E-state index >= 15 is 0 Å². The van der Waals surface area contributed by atoms with E-state index in [2.05, 4.69) is 21.2 Å². The molecule has 0 aromatic heterocycles. The number of carbonyl (C=O) groups excluding carboxylic acids is 1. The molecule has 0 aliphatic carbocycles. The maximum absolute atomic E-state index is 12.3. The largest absolute Gasteiger partial charge is 0.494 e. The number of nitriles is 1. The first-order valence-electron chi connectivity index (χ1n) is 8.15. The fourth-order valence-electron chi connectivity index (χ4n) is 2.19. The first kappa shape index (κ1) is 19.5. The summed E-state index contributed by atoms with van der Waals surface area (Å²) in [6.07, 6.45) is 1.53. The number of hydrogen-bond acceptors (Lipinski definition) is 4. The Morgan fingerprint density at radius 1 is 1.15 bits per heavy atom. The van der Waals surface area contributed by atoms with Crippen LogP contribution in [0, 0.1) is 11.3 Å². The van der Waals surface area contributed by atoms with Gasteiger partial charge in [-0.05, 0) is 77.8 Å². The van der Waals surface area contributed by atoms with Gasteiger partial charge in [0.15, 0.2) is 0 Å². The van der Waals surface area contributed by atoms with Crippen molar-refractivity contribution in [2.24, 2.45) is 0 Å². The number of anilines is 1. The normalized spacial score (nSPS) is 10.8. The molecule has 0 aliphatic rings. The Labute approximate surface area is 161 Å². The highest BCUT2D eigenvalue weighted by Gasteiger charge is 2.10. The summed E-state index contributed by atoms with van der Waals surface area (Å²) in [6.45, 7) is 4.94. The van der Waals surface area contributed by atoms with E-state index in [-0.39, 0.29) is 5.57 Å². The molecule has 0 bridgehead atoms. The van der Waals surface area contributed by atoms with Crippen molar-refractivity contribution in [1.82, 2.24) is 0 Å². The third-order valence-corrected chi connectivity index (χ3v) is 3.97. The molecule has 2 rings (SSSR count). The van der Waals surface area contributed by atoms with Crippen molar-refractivity contribution in [1.29, 1.82) is 5.26 Å². The van der Waals surface area contributed by atoms with Crippen LogP contribution in [-0.2, 0) is 4.79 Å². The number of nitrogens with one attached hydrogen (secondary N) is 1. The molecule has 0 atom stereocenters. The maximum Gasteiger partial charge on any atom is 0.266 e. The van der Waals surface area contributed by atoms with Gasteiger partial charge in [-0.2, -0.15) is 5.26 Å². The zero-order chi connectivity index (χ0) is 18.9. The van der Waals surface area contributed by atoms with Crippen LogP contribution in [-0.4, -0.2) is 19.1 Å². The fraction of sp³-hybridized carbons (Fsp3) is 0.200. The van der Waals surface area contributed by atoms with Gasteiger partial charge >= 0.3 is 0 Å². The number of nitrogens with zero attached hydrogens (tertiary/aromatic N) is 1. The molecule has 2 aromatic carbocycles. The molecule has 1 amide bonds. The minimum Gasteiger partial charge on any atom is -0.494 e. The highest BCUT2D eigenvalue weighted by Crippen LogP contribution is 2.27. The maximum atomic E-state index is 12.3. The van der Waals surface area contributed by atoms with Crippen LogP contribution in [0.1, 0.15) is 19.4 Å². The zero-order valence-corrected chi connectivity index (χ0v) is 16.2. The van der Waals surface area contributed by atoms with E-state index in [1.165, 1.54) is 6.08 Å². The summed E-state index contributed by atoms with van der Waals surface area (Å²) < 4.78 is 11.6. The van der Waals surface area contributed by atoms with Gasteiger partial charge in [0.25, 0.3) is 5.91 Å². The molecule has 0 spiro atoms. The molecule has 5 nitrogen and oxygen atoms in total. The number of carbonyl (C=O) groups is 1. The van der Waals surface area contributed by atoms with Crippen molar-refractivity contribution in [3.63, 3.8) is 0 Å². The Balaban J connectivity index is 2.14. The smallest absolute Gasteiger partial charge is 0.266 e. The van der Waals surface area contributed by atoms with E-state index in [0.717, 1.165) is 15.8 Å². The van der Waals surface area contributed by atoms with Crippen LogP contribution in [0.15, 0.2) is 52.5 Å². The SMILES string of the molecule is CCOc1ccc(NC(=O)/C(C#N)=C\c2ccc(OCC)c(Br)c2)cc1. The third-order valence-electron chi connectivity index (χ3n) is 3.36. The van der Waals surface area contributed by atoms with Gasteiger partial charge in [0, 0.05) is 5.69 Å². The molecule has 0 heterocycles. The predicted octanol–water partition coefficient (Wildman–Crippen LogP) is 4.79. The minimum atomic E-state index is -0.471. The molecule has 0 radical (unpaired) electrons. The Hall–Kier alpha value is -2.78. The van der Waals surface area contributed by atoms with Crippen LogP contribution in [0.3, 0.4) is 0 Å². The van der Waals surface area contributed by atoms with E-state index in [0.29, 0.717) is 24.7 Å². The van der Waals surface area contributed by atoms with Crippen molar-refractivity contribution in [2.45, 2.75) is 13.8 Å². The fourth-order valence-corrected chi connectivity index (χ4v) is 2.71. The Kier molecular flexibility index (Phi) is 7.24. The Morgan fingerprint density at radius 3 is 2.42 bits per heavy atom. The summed E-state index contributed by atoms with van der Waals surface area (Å²) in [5.41, 5.74) is 1.32. The summed E-state index contributed by atoms with van der Waals surface area (Å²) in [7, 11) is 0. The van der Waals surface area contributed by atoms with Crippen LogP contribution in [0.5, 0.6) is 11.5 Å². The van der Waals surface area contributed by atoms with Crippen molar-refractivity contribution < 1.29 is 14.3 Å². The molecule has 0 aliphatic heterocycles. The second-order valence-corrected chi connectivity index (χ2v) is 6.06. The van der Waals surface area contributed by atoms with Crippen LogP contribution < -0.4 is 14.8 Å². The van der Waals surface area contributed by atoms with Gasteiger partial charge in [-0.15, -0.1) is 0 Å². The summed E-state index contributed by atoms with van der Waals surface area (Å²) in [5.74, 6) is 0.962. The average Bonchev–Trinajstić information content (AvgIpc) is 2.63. The number of benzene rings is 2. The molecule has 0 fully saturated rings. The monoisotopic (exact) mass is 414 g/mol. The van der Waals surface area contributed by atoms with Crippen molar-refractivity contribution in [3.8, 4) is 17.6 Å². The van der Waals surface area contributed by atoms with Gasteiger partial charge in [0.2, 0.25) is 0 Å². The van der Waals surface area contributed by atoms with Gasteiger partial charge in [-0.1, -0.05) is 6.07 Å². The highest BCUT2D eigenvalue weighted by molar-refractivity contribution is 9.10. The lowest BCUT2D eigenvalue weighted by Gasteiger charge is -2.08. The summed E-state index contributed by atoms with van der Waals surface area (Å²) in [5, 5.41) is 12.0. The van der Waals surface area contributed by atoms with Gasteiger partial charge < -0.3 is 14.8 Å². The Bertz CT molecular complexity index is 839. The van der Waals surface area contributed by atoms with Crippen molar-refractivity contribution in [2.75, 3.05) is 18.5 Å². The quantitative estimate of drug-likeness (QED) is 0.521. The number of hydrogen-bond donors (Lipinski definition) is 1. The molecule has 0 unspecified atom stereocenters. The molecule has 0 saturated carbocycles. The lowest BCUT2D eigenvalue weighted by atomic mass is 10.1. The third kappa shape index (κ3) is 5.36. The molecule has 6 heteroatoms. The number of halogens is 1. The molecule has 26 heavy (non-hydrogen) atoms. The zero-order valence-electron chi connectivity index (χ0n) is 14.6. The van der Waals surface area contributed by atoms with Crippen molar-refractivity contribution >= 4 is 33.6 Å². The predicted molar refractivity (Wildman–Crippen MR) is 105 cm³/mol. The molecular weight excluding hydrogens is 396 g/mol. The van der Waals surface area contributed by atoms with Gasteiger partial charge in [0.1, 0.15) is 23.1 Å². The van der Waals surface area contributed by atoms with Crippen LogP contribution >= 0.6 is 15.9 Å². The lowest BCUT2D eigenvalue weighted by molar-refractivity contribution is -0.112. The van der Waals surface area contributed by atoms with E-state index < -0.39 is 5.91 Å². The van der Waals surface area contributed by atoms with E-state index in [1.807, 2.05) is 19.9 Å². The van der Waals surface area contributed by atoms with Gasteiger partial charge in [0.05, 0.1) is 17.7 Å². The van der Waals surface area contributed by atoms with Gasteiger partial charge in [-0.3, -0.25) is 4.79 Å². The second-order valence-electron chi connectivity index (χ2n) is 5.20. The van der Waals surface area contributed by atoms with Crippen molar-refractivity contribution in [3.05, 3.63) is 58.1 Å². The molecule has 2 aromatic rings. The van der Waals surface area contributed by atoms with E-state index in [9.17, 15) is 10.1 Å². The van der Waals surface area contributed by atoms with Crippen LogP contribution in [0.2, 0.25) is 0 Å². The Morgan fingerprint density at radius 2 is 1.85 bits per heavy atom. The highest BCUT2D eigenvalue weighted by atomic mass is 79.9. The number of amides is 1. The lowest BCUT2D eigenvalue weighted by Crippen LogP contribution is -2.13. The molecule has 0 saturated heterocycles. The summed E-state index contributed by atoms with van der Waals surface area (Å²) >= 11 is 3.42. The molecular formula is C20H19BrN2O3. The number of ether oxygens (including phenoxy) is 2. The van der Waals surface area contributed by atoms with E-state index in [1.54, 1.807) is 42.5 Å².